The summed E-state index contributed by atoms with van der Waals surface area (Å²) in [6.45, 7) is 6.17. The van der Waals surface area contributed by atoms with Gasteiger partial charge in [0.15, 0.2) is 17.7 Å². The fourth-order valence-electron chi connectivity index (χ4n) is 5.41. The van der Waals surface area contributed by atoms with E-state index < -0.39 is 24.3 Å². The second-order valence-corrected chi connectivity index (χ2v) is 10.6. The molecule has 0 aliphatic carbocycles. The first kappa shape index (κ1) is 32.0. The fraction of sp³-hybridized carbons (Fsp3) is 0.265. The van der Waals surface area contributed by atoms with Gasteiger partial charge in [-0.2, -0.15) is 5.10 Å². The first-order valence-corrected chi connectivity index (χ1v) is 14.7. The number of ether oxygens (including phenoxy) is 3. The van der Waals surface area contributed by atoms with Crippen molar-refractivity contribution in [3.63, 3.8) is 0 Å². The molecule has 3 aromatic carbocycles. The van der Waals surface area contributed by atoms with Gasteiger partial charge >= 0.3 is 12.0 Å². The van der Waals surface area contributed by atoms with Gasteiger partial charge in [-0.05, 0) is 62.2 Å². The number of halogens is 1. The van der Waals surface area contributed by atoms with E-state index >= 15 is 0 Å². The summed E-state index contributed by atoms with van der Waals surface area (Å²) in [4.78, 5) is 24.7. The molecule has 0 unspecified atom stereocenters. The van der Waals surface area contributed by atoms with Gasteiger partial charge in [-0.1, -0.05) is 36.4 Å². The van der Waals surface area contributed by atoms with E-state index in [0.29, 0.717) is 35.9 Å². The topological polar surface area (TPSA) is 135 Å². The number of esters is 1. The Morgan fingerprint density at radius 1 is 1.11 bits per heavy atom. The van der Waals surface area contributed by atoms with Gasteiger partial charge in [-0.15, -0.1) is 0 Å². The highest BCUT2D eigenvalue weighted by atomic mass is 19.1. The van der Waals surface area contributed by atoms with E-state index in [0.717, 1.165) is 27.7 Å². The molecule has 11 nitrogen and oxygen atoms in total. The highest BCUT2D eigenvalue weighted by Gasteiger charge is 2.32. The minimum Gasteiger partial charge on any atom is -0.490 e. The summed E-state index contributed by atoms with van der Waals surface area (Å²) >= 11 is 0. The van der Waals surface area contributed by atoms with E-state index in [4.69, 9.17) is 14.2 Å². The van der Waals surface area contributed by atoms with E-state index in [-0.39, 0.29) is 18.0 Å². The number of carbonyl (C=O) groups is 2. The summed E-state index contributed by atoms with van der Waals surface area (Å²) in [6.07, 6.45) is 0.503. The zero-order chi connectivity index (χ0) is 32.8. The van der Waals surface area contributed by atoms with Crippen LogP contribution in [-0.4, -0.2) is 54.4 Å². The molecule has 240 valence electrons. The summed E-state index contributed by atoms with van der Waals surface area (Å²) in [6, 6.07) is 18.2. The van der Waals surface area contributed by atoms with Crippen molar-refractivity contribution >= 4 is 29.1 Å². The lowest BCUT2D eigenvalue weighted by Crippen LogP contribution is -2.45. The van der Waals surface area contributed by atoms with Crippen LogP contribution >= 0.6 is 0 Å². The second-order valence-electron chi connectivity index (χ2n) is 10.6. The predicted molar refractivity (Wildman–Crippen MR) is 171 cm³/mol. The Balaban J connectivity index is 1.28. The molecule has 0 fully saturated rings. The van der Waals surface area contributed by atoms with Crippen LogP contribution in [0.3, 0.4) is 0 Å². The van der Waals surface area contributed by atoms with Crippen LogP contribution in [-0.2, 0) is 16.1 Å². The van der Waals surface area contributed by atoms with Crippen LogP contribution in [0.1, 0.15) is 42.3 Å². The van der Waals surface area contributed by atoms with Gasteiger partial charge in [0.1, 0.15) is 12.4 Å². The number of aliphatic hydroxyl groups is 1. The van der Waals surface area contributed by atoms with Crippen LogP contribution in [0.5, 0.6) is 11.5 Å². The summed E-state index contributed by atoms with van der Waals surface area (Å²) in [7, 11) is 1.28. The number of aromatic nitrogens is 1. The number of hydrazone groups is 1. The van der Waals surface area contributed by atoms with Crippen molar-refractivity contribution in [2.24, 2.45) is 5.10 Å². The zero-order valence-electron chi connectivity index (χ0n) is 26.0. The smallest absolute Gasteiger partial charge is 0.337 e. The third kappa shape index (κ3) is 6.97. The number of hydrogen-bond donors (Lipinski definition) is 4. The van der Waals surface area contributed by atoms with E-state index in [1.807, 2.05) is 38.1 Å². The van der Waals surface area contributed by atoms with Crippen molar-refractivity contribution in [3.8, 4) is 11.5 Å². The Labute approximate surface area is 265 Å². The zero-order valence-corrected chi connectivity index (χ0v) is 26.0. The number of nitrogens with one attached hydrogen (secondary N) is 3. The highest BCUT2D eigenvalue weighted by Crippen LogP contribution is 2.35. The Bertz CT molecular complexity index is 1800. The minimum atomic E-state index is -1.15. The average Bonchev–Trinajstić information content (AvgIpc) is 3.30. The van der Waals surface area contributed by atoms with Crippen LogP contribution in [0, 0.1) is 12.7 Å². The number of rotatable bonds is 12. The lowest BCUT2D eigenvalue weighted by atomic mass is 9.95. The number of methoxy groups -OCH3 is 1. The van der Waals surface area contributed by atoms with Crippen molar-refractivity contribution in [1.29, 1.82) is 0 Å². The normalized spacial score (nSPS) is 15.4. The number of amides is 2. The predicted octanol–water partition coefficient (Wildman–Crippen LogP) is 4.66. The maximum Gasteiger partial charge on any atom is 0.337 e. The molecule has 4 aromatic rings. The van der Waals surface area contributed by atoms with Crippen LogP contribution in [0.15, 0.2) is 83.1 Å². The van der Waals surface area contributed by atoms with E-state index in [2.05, 4.69) is 25.7 Å². The molecule has 5 rings (SSSR count). The van der Waals surface area contributed by atoms with Crippen LogP contribution < -0.4 is 25.5 Å². The van der Waals surface area contributed by atoms with Crippen LogP contribution in [0.25, 0.3) is 10.9 Å². The molecule has 2 heterocycles. The molecular weight excluding hydrogens is 593 g/mol. The molecule has 1 aliphatic heterocycles. The molecule has 2 atom stereocenters. The van der Waals surface area contributed by atoms with Crippen molar-refractivity contribution in [1.82, 2.24) is 20.6 Å². The molecule has 0 spiro atoms. The number of urea groups is 1. The summed E-state index contributed by atoms with van der Waals surface area (Å²) in [5.41, 5.74) is 7.77. The first-order chi connectivity index (χ1) is 22.2. The lowest BCUT2D eigenvalue weighted by molar-refractivity contribution is -0.136. The Kier molecular flexibility index (Phi) is 9.87. The Hall–Kier alpha value is -5.36. The van der Waals surface area contributed by atoms with E-state index in [1.54, 1.807) is 43.5 Å². The molecule has 2 amide bonds. The monoisotopic (exact) mass is 629 g/mol. The molecule has 0 radical (unpaired) electrons. The molecular formula is C34H36FN5O6. The largest absolute Gasteiger partial charge is 0.490 e. The summed E-state index contributed by atoms with van der Waals surface area (Å²) in [5.74, 6) is -0.124. The number of fused-ring (bicyclic) bond motifs is 1. The van der Waals surface area contributed by atoms with Gasteiger partial charge < -0.3 is 34.5 Å². The highest BCUT2D eigenvalue weighted by molar-refractivity contribution is 6.01. The van der Waals surface area contributed by atoms with Crippen molar-refractivity contribution in [2.75, 3.05) is 20.3 Å². The number of para-hydroxylation sites is 1. The quantitative estimate of drug-likeness (QED) is 0.0775. The van der Waals surface area contributed by atoms with Crippen LogP contribution in [0.4, 0.5) is 9.18 Å². The van der Waals surface area contributed by atoms with E-state index in [9.17, 15) is 19.1 Å². The fourth-order valence-corrected chi connectivity index (χ4v) is 5.41. The molecule has 0 saturated carbocycles. The van der Waals surface area contributed by atoms with Crippen molar-refractivity contribution < 1.29 is 33.3 Å². The number of allylic oxidation sites excluding steroid dienone is 1. The standard InChI is InChI=1S/C34H36FN5O6/c1-5-45-29-16-23(32-31(33(42)44-4)20(2)37-34(43)38-32)12-15-28(29)46-19-30(41)39-36-17-26-21(3)40(27-9-7-6-8-25(26)27)18-22-10-13-24(35)14-11-22/h6-17,30,32,39,41H,5,18-19H2,1-4H3,(H2,37,38,43)/b36-17+/t30-,32-/m1/s1. The molecule has 0 bridgehead atoms. The molecule has 4 N–H and O–H groups in total. The number of hydrogen-bond acceptors (Lipinski definition) is 8. The SMILES string of the molecule is CCOc1cc([C@H]2NC(=O)NC(C)=C2C(=O)OC)ccc1OC[C@@H](O)N/N=C/c1c(C)n(Cc2ccc(F)cc2)c2ccccc12. The molecule has 46 heavy (non-hydrogen) atoms. The maximum absolute atomic E-state index is 13.4. The van der Waals surface area contributed by atoms with Crippen molar-refractivity contribution in [2.45, 2.75) is 39.6 Å². The summed E-state index contributed by atoms with van der Waals surface area (Å²) < 4.78 is 32.1. The lowest BCUT2D eigenvalue weighted by Gasteiger charge is -2.28. The molecule has 1 aliphatic rings. The molecule has 0 saturated heterocycles. The molecule has 1 aromatic heterocycles. The van der Waals surface area contributed by atoms with Gasteiger partial charge in [0.05, 0.1) is 31.5 Å². The average molecular weight is 630 g/mol. The van der Waals surface area contributed by atoms with Crippen molar-refractivity contribution in [3.05, 3.63) is 106 Å². The van der Waals surface area contributed by atoms with E-state index in [1.165, 1.54) is 19.2 Å². The third-order valence-electron chi connectivity index (χ3n) is 7.62. The second kappa shape index (κ2) is 14.2. The number of nitrogens with zero attached hydrogens (tertiary/aromatic N) is 2. The Morgan fingerprint density at radius 3 is 2.61 bits per heavy atom. The molecule has 12 heteroatoms. The maximum atomic E-state index is 13.4. The van der Waals surface area contributed by atoms with Gasteiger partial charge in [-0.3, -0.25) is 5.43 Å². The van der Waals surface area contributed by atoms with Gasteiger partial charge in [0, 0.05) is 34.4 Å². The minimum absolute atomic E-state index is 0.154. The van der Waals surface area contributed by atoms with Crippen LogP contribution in [0.2, 0.25) is 0 Å². The Morgan fingerprint density at radius 2 is 1.87 bits per heavy atom. The first-order valence-electron chi connectivity index (χ1n) is 14.7. The number of aliphatic hydroxyl groups excluding tert-OH is 1. The third-order valence-corrected chi connectivity index (χ3v) is 7.62. The summed E-state index contributed by atoms with van der Waals surface area (Å²) in [5, 5.41) is 21.2. The number of carbonyl (C=O) groups excluding carboxylic acids is 2. The van der Waals surface area contributed by atoms with Gasteiger partial charge in [0.25, 0.3) is 0 Å². The van der Waals surface area contributed by atoms with Gasteiger partial charge in [0.2, 0.25) is 0 Å². The number of benzene rings is 3. The van der Waals surface area contributed by atoms with Gasteiger partial charge in [-0.25, -0.2) is 14.0 Å².